The lowest BCUT2D eigenvalue weighted by molar-refractivity contribution is -0.113. The number of benzene rings is 5. The molecule has 9 nitrogen and oxygen atoms in total. The van der Waals surface area contributed by atoms with Crippen LogP contribution in [-0.2, 0) is 4.79 Å². The zero-order valence-corrected chi connectivity index (χ0v) is 27.9. The molecule has 0 fully saturated rings. The van der Waals surface area contributed by atoms with Crippen LogP contribution in [0.2, 0.25) is 0 Å². The quantitative estimate of drug-likeness (QED) is 0.108. The summed E-state index contributed by atoms with van der Waals surface area (Å²) in [6, 6.07) is 34.9. The minimum Gasteiger partial charge on any atom is -0.493 e. The van der Waals surface area contributed by atoms with Crippen LogP contribution < -0.4 is 24.8 Å². The van der Waals surface area contributed by atoms with Crippen molar-refractivity contribution in [3.05, 3.63) is 132 Å². The highest BCUT2D eigenvalue weighted by atomic mass is 32.2. The Hall–Kier alpha value is -6.00. The van der Waals surface area contributed by atoms with Gasteiger partial charge in [-0.1, -0.05) is 54.6 Å². The SMILES string of the molecule is COc1cc(/C=C(\NC(=O)c2ccccc2)C(=O)Nc2ccc(SCC(=O)n3c4ccccc4c4ccccc43)cc2)cc(OC)c1OC. The van der Waals surface area contributed by atoms with Crippen LogP contribution in [0, 0.1) is 0 Å². The molecule has 0 bridgehead atoms. The average molecular weight is 672 g/mol. The number of fused-ring (bicyclic) bond motifs is 3. The van der Waals surface area contributed by atoms with Gasteiger partial charge >= 0.3 is 0 Å². The van der Waals surface area contributed by atoms with Gasteiger partial charge in [-0.25, -0.2) is 0 Å². The number of ether oxygens (including phenoxy) is 3. The lowest BCUT2D eigenvalue weighted by atomic mass is 10.1. The number of carbonyl (C=O) groups is 3. The molecular weight excluding hydrogens is 639 g/mol. The predicted molar refractivity (Wildman–Crippen MR) is 194 cm³/mol. The number of anilines is 1. The van der Waals surface area contributed by atoms with Crippen LogP contribution in [0.5, 0.6) is 17.2 Å². The summed E-state index contributed by atoms with van der Waals surface area (Å²) in [5.74, 6) is 0.390. The van der Waals surface area contributed by atoms with Gasteiger partial charge in [-0.05, 0) is 72.3 Å². The lowest BCUT2D eigenvalue weighted by Crippen LogP contribution is -2.30. The Labute approximate surface area is 287 Å². The van der Waals surface area contributed by atoms with Crippen molar-refractivity contribution in [2.24, 2.45) is 0 Å². The summed E-state index contributed by atoms with van der Waals surface area (Å²) in [5, 5.41) is 7.68. The molecule has 10 heteroatoms. The van der Waals surface area contributed by atoms with Gasteiger partial charge in [0.25, 0.3) is 11.8 Å². The molecule has 2 N–H and O–H groups in total. The second-order valence-corrected chi connectivity index (χ2v) is 11.9. The number of nitrogens with one attached hydrogen (secondary N) is 2. The summed E-state index contributed by atoms with van der Waals surface area (Å²) in [6.45, 7) is 0. The molecule has 2 amide bonds. The van der Waals surface area contributed by atoms with Crippen LogP contribution in [0.25, 0.3) is 27.9 Å². The third kappa shape index (κ3) is 7.14. The maximum Gasteiger partial charge on any atom is 0.272 e. The standard InChI is InChI=1S/C39H33N3O6S/c1-46-34-22-25(23-35(47-2)37(34)48-3)21-31(41-38(44)26-11-5-4-6-12-26)39(45)40-27-17-19-28(20-18-27)49-24-36(43)42-32-15-9-7-13-29(32)30-14-8-10-16-33(30)42/h4-23H,24H2,1-3H3,(H,40,45)(H,41,44)/b31-21-. The van der Waals surface area contributed by atoms with Gasteiger partial charge in [0.2, 0.25) is 11.7 Å². The number of para-hydroxylation sites is 2. The maximum absolute atomic E-state index is 13.6. The van der Waals surface area contributed by atoms with Crippen molar-refractivity contribution in [3.63, 3.8) is 0 Å². The van der Waals surface area contributed by atoms with E-state index in [2.05, 4.69) is 10.6 Å². The summed E-state index contributed by atoms with van der Waals surface area (Å²) >= 11 is 1.41. The smallest absolute Gasteiger partial charge is 0.272 e. The van der Waals surface area contributed by atoms with Crippen molar-refractivity contribution in [3.8, 4) is 17.2 Å². The number of nitrogens with zero attached hydrogens (tertiary/aromatic N) is 1. The highest BCUT2D eigenvalue weighted by Crippen LogP contribution is 2.39. The fourth-order valence-electron chi connectivity index (χ4n) is 5.53. The molecule has 1 heterocycles. The molecule has 0 aliphatic carbocycles. The zero-order valence-electron chi connectivity index (χ0n) is 27.1. The largest absolute Gasteiger partial charge is 0.493 e. The first-order chi connectivity index (χ1) is 23.9. The van der Waals surface area contributed by atoms with E-state index in [0.717, 1.165) is 26.7 Å². The monoisotopic (exact) mass is 671 g/mol. The molecule has 0 radical (unpaired) electrons. The zero-order chi connectivity index (χ0) is 34.3. The molecule has 0 saturated heterocycles. The molecule has 0 spiro atoms. The van der Waals surface area contributed by atoms with E-state index in [1.54, 1.807) is 59.2 Å². The van der Waals surface area contributed by atoms with Crippen LogP contribution in [0.3, 0.4) is 0 Å². The van der Waals surface area contributed by atoms with Crippen molar-refractivity contribution in [2.45, 2.75) is 4.90 Å². The van der Waals surface area contributed by atoms with E-state index in [0.29, 0.717) is 34.1 Å². The molecule has 0 aliphatic heterocycles. The number of methoxy groups -OCH3 is 3. The van der Waals surface area contributed by atoms with Crippen LogP contribution in [0.15, 0.2) is 126 Å². The third-order valence-corrected chi connectivity index (χ3v) is 8.83. The normalized spacial score (nSPS) is 11.3. The molecule has 0 atom stereocenters. The van der Waals surface area contributed by atoms with Gasteiger partial charge in [-0.2, -0.15) is 0 Å². The Morgan fingerprint density at radius 2 is 1.29 bits per heavy atom. The van der Waals surface area contributed by atoms with E-state index in [9.17, 15) is 14.4 Å². The Balaban J connectivity index is 1.20. The molecule has 49 heavy (non-hydrogen) atoms. The molecule has 0 saturated carbocycles. The van der Waals surface area contributed by atoms with Gasteiger partial charge in [-0.3, -0.25) is 19.0 Å². The number of aromatic nitrogens is 1. The minimum absolute atomic E-state index is 0.00153. The minimum atomic E-state index is -0.542. The Bertz CT molecular complexity index is 2110. The molecule has 0 unspecified atom stereocenters. The first kappa shape index (κ1) is 32.9. The number of amides is 2. The molecule has 5 aromatic carbocycles. The maximum atomic E-state index is 13.6. The van der Waals surface area contributed by atoms with E-state index in [1.807, 2.05) is 60.7 Å². The fourth-order valence-corrected chi connectivity index (χ4v) is 6.28. The van der Waals surface area contributed by atoms with Gasteiger partial charge in [0.15, 0.2) is 11.5 Å². The van der Waals surface area contributed by atoms with Crippen molar-refractivity contribution in [1.29, 1.82) is 0 Å². The fraction of sp³-hybridized carbons (Fsp3) is 0.103. The number of rotatable bonds is 11. The molecular formula is C39H33N3O6S. The van der Waals surface area contributed by atoms with Gasteiger partial charge < -0.3 is 24.8 Å². The van der Waals surface area contributed by atoms with Crippen LogP contribution >= 0.6 is 11.8 Å². The number of carbonyl (C=O) groups excluding carboxylic acids is 3. The summed E-state index contributed by atoms with van der Waals surface area (Å²) in [4.78, 5) is 41.1. The second-order valence-electron chi connectivity index (χ2n) is 10.9. The topological polar surface area (TPSA) is 108 Å². The molecule has 1 aromatic heterocycles. The highest BCUT2D eigenvalue weighted by Gasteiger charge is 2.19. The molecule has 6 aromatic rings. The van der Waals surface area contributed by atoms with Crippen molar-refractivity contribution < 1.29 is 28.6 Å². The molecule has 246 valence electrons. The molecule has 0 aliphatic rings. The van der Waals surface area contributed by atoms with E-state index in [1.165, 1.54) is 39.2 Å². The van der Waals surface area contributed by atoms with Gasteiger partial charge in [0.1, 0.15) is 5.70 Å². The number of hydrogen-bond donors (Lipinski definition) is 2. The van der Waals surface area contributed by atoms with Crippen molar-refractivity contribution >= 4 is 63.1 Å². The summed E-state index contributed by atoms with van der Waals surface area (Å²) in [6.07, 6.45) is 1.53. The van der Waals surface area contributed by atoms with Crippen molar-refractivity contribution in [1.82, 2.24) is 9.88 Å². The first-order valence-corrected chi connectivity index (χ1v) is 16.3. The Morgan fingerprint density at radius 3 is 1.86 bits per heavy atom. The second kappa shape index (κ2) is 14.8. The number of thioether (sulfide) groups is 1. The van der Waals surface area contributed by atoms with E-state index in [4.69, 9.17) is 14.2 Å². The van der Waals surface area contributed by atoms with Gasteiger partial charge in [0.05, 0.1) is 38.1 Å². The van der Waals surface area contributed by atoms with Gasteiger partial charge in [-0.15, -0.1) is 11.8 Å². The lowest BCUT2D eigenvalue weighted by Gasteiger charge is -2.15. The van der Waals surface area contributed by atoms with Gasteiger partial charge in [0, 0.05) is 26.9 Å². The summed E-state index contributed by atoms with van der Waals surface area (Å²) in [5.41, 5.74) is 3.19. The van der Waals surface area contributed by atoms with Crippen molar-refractivity contribution in [2.75, 3.05) is 32.4 Å². The Kier molecular flexibility index (Phi) is 9.96. The van der Waals surface area contributed by atoms with Crippen LogP contribution in [-0.4, -0.2) is 49.4 Å². The molecule has 6 rings (SSSR count). The van der Waals surface area contributed by atoms with Crippen LogP contribution in [0.4, 0.5) is 5.69 Å². The summed E-state index contributed by atoms with van der Waals surface area (Å²) in [7, 11) is 4.50. The highest BCUT2D eigenvalue weighted by molar-refractivity contribution is 8.00. The summed E-state index contributed by atoms with van der Waals surface area (Å²) < 4.78 is 18.1. The predicted octanol–water partition coefficient (Wildman–Crippen LogP) is 7.66. The average Bonchev–Trinajstić information content (AvgIpc) is 3.48. The van der Waals surface area contributed by atoms with E-state index < -0.39 is 11.8 Å². The Morgan fingerprint density at radius 1 is 0.714 bits per heavy atom. The third-order valence-electron chi connectivity index (χ3n) is 7.83. The van der Waals surface area contributed by atoms with E-state index in [-0.39, 0.29) is 17.4 Å². The number of hydrogen-bond acceptors (Lipinski definition) is 7. The van der Waals surface area contributed by atoms with Crippen LogP contribution in [0.1, 0.15) is 20.7 Å². The first-order valence-electron chi connectivity index (χ1n) is 15.3. The van der Waals surface area contributed by atoms with E-state index >= 15 is 0 Å².